The zero-order valence-corrected chi connectivity index (χ0v) is 19.1. The van der Waals surface area contributed by atoms with Gasteiger partial charge in [-0.05, 0) is 69.6 Å². The van der Waals surface area contributed by atoms with E-state index in [1.54, 1.807) is 0 Å². The summed E-state index contributed by atoms with van der Waals surface area (Å²) < 4.78 is 0. The van der Waals surface area contributed by atoms with E-state index >= 15 is 0 Å². The first kappa shape index (κ1) is 21.6. The Labute approximate surface area is 191 Å². The molecule has 0 atom stereocenters. The van der Waals surface area contributed by atoms with Crippen molar-refractivity contribution in [1.29, 1.82) is 0 Å². The number of rotatable bonds is 8. The standard InChI is InChI=1S/C25H36N6O/c32-19-18-29-14-16-30(17-15-29)23-6-4-21(5-7-23)24-26-20-22-8-13-31(25(22)27-24)12-3-11-28-9-1-2-10-28/h4-7,20,32H,1-3,8-19H2. The van der Waals surface area contributed by atoms with Gasteiger partial charge in [-0.2, -0.15) is 0 Å². The Morgan fingerprint density at radius 1 is 0.812 bits per heavy atom. The minimum absolute atomic E-state index is 0.241. The van der Waals surface area contributed by atoms with E-state index in [0.717, 1.165) is 69.4 Å². The van der Waals surface area contributed by atoms with Gasteiger partial charge in [0.25, 0.3) is 0 Å². The van der Waals surface area contributed by atoms with E-state index in [0.29, 0.717) is 0 Å². The Hall–Kier alpha value is -2.22. The quantitative estimate of drug-likeness (QED) is 0.680. The highest BCUT2D eigenvalue weighted by molar-refractivity contribution is 5.63. The summed E-state index contributed by atoms with van der Waals surface area (Å²) in [5.41, 5.74) is 3.62. The number of likely N-dealkylation sites (tertiary alicyclic amines) is 1. The molecule has 1 N–H and O–H groups in total. The minimum Gasteiger partial charge on any atom is -0.395 e. The molecule has 3 aliphatic rings. The average Bonchev–Trinajstić information content (AvgIpc) is 3.50. The predicted molar refractivity (Wildman–Crippen MR) is 129 cm³/mol. The number of nitrogens with zero attached hydrogens (tertiary/aromatic N) is 6. The third-order valence-electron chi connectivity index (χ3n) is 7.17. The zero-order chi connectivity index (χ0) is 21.8. The van der Waals surface area contributed by atoms with Crippen molar-refractivity contribution in [2.75, 3.05) is 81.9 Å². The second-order valence-corrected chi connectivity index (χ2v) is 9.28. The molecule has 2 fully saturated rings. The fraction of sp³-hybridized carbons (Fsp3) is 0.600. The highest BCUT2D eigenvalue weighted by atomic mass is 16.3. The number of fused-ring (bicyclic) bond motifs is 1. The molecule has 0 spiro atoms. The van der Waals surface area contributed by atoms with Crippen molar-refractivity contribution in [2.24, 2.45) is 0 Å². The summed E-state index contributed by atoms with van der Waals surface area (Å²) in [5.74, 6) is 1.97. The largest absolute Gasteiger partial charge is 0.395 e. The van der Waals surface area contributed by atoms with E-state index in [2.05, 4.69) is 48.8 Å². The van der Waals surface area contributed by atoms with Gasteiger partial charge in [-0.25, -0.2) is 9.97 Å². The van der Waals surface area contributed by atoms with Gasteiger partial charge in [-0.1, -0.05) is 0 Å². The van der Waals surface area contributed by atoms with Crippen molar-refractivity contribution in [3.8, 4) is 11.4 Å². The monoisotopic (exact) mass is 436 g/mol. The Balaban J connectivity index is 1.21. The van der Waals surface area contributed by atoms with E-state index < -0.39 is 0 Å². The van der Waals surface area contributed by atoms with Crippen molar-refractivity contribution < 1.29 is 5.11 Å². The molecule has 172 valence electrons. The van der Waals surface area contributed by atoms with Crippen LogP contribution < -0.4 is 9.80 Å². The number of aliphatic hydroxyl groups is 1. The first-order valence-corrected chi connectivity index (χ1v) is 12.3. The summed E-state index contributed by atoms with van der Waals surface area (Å²) in [6.07, 6.45) is 7.02. The van der Waals surface area contributed by atoms with Crippen LogP contribution >= 0.6 is 0 Å². The Morgan fingerprint density at radius 2 is 1.56 bits per heavy atom. The first-order valence-electron chi connectivity index (χ1n) is 12.3. The lowest BCUT2D eigenvalue weighted by molar-refractivity contribution is 0.189. The van der Waals surface area contributed by atoms with Crippen LogP contribution in [0.4, 0.5) is 11.5 Å². The highest BCUT2D eigenvalue weighted by Gasteiger charge is 2.23. The second kappa shape index (κ2) is 10.1. The molecule has 0 saturated carbocycles. The number of piperazine rings is 1. The molecule has 2 aromatic rings. The molecule has 0 aliphatic carbocycles. The number of benzene rings is 1. The number of β-amino-alcohol motifs (C(OH)–C–C–N with tert-alkyl or cyclic N) is 1. The van der Waals surface area contributed by atoms with E-state index in [1.165, 1.54) is 50.1 Å². The maximum atomic E-state index is 9.13. The maximum Gasteiger partial charge on any atom is 0.161 e. The third-order valence-corrected chi connectivity index (χ3v) is 7.17. The molecule has 1 aromatic carbocycles. The van der Waals surface area contributed by atoms with Crippen LogP contribution in [0.1, 0.15) is 24.8 Å². The second-order valence-electron chi connectivity index (χ2n) is 9.28. The molecule has 1 aromatic heterocycles. The van der Waals surface area contributed by atoms with Gasteiger partial charge in [-0.3, -0.25) is 4.90 Å². The lowest BCUT2D eigenvalue weighted by atomic mass is 10.1. The summed E-state index contributed by atoms with van der Waals surface area (Å²) >= 11 is 0. The molecule has 0 radical (unpaired) electrons. The van der Waals surface area contributed by atoms with Crippen molar-refractivity contribution in [1.82, 2.24) is 19.8 Å². The van der Waals surface area contributed by atoms with Gasteiger partial charge in [0, 0.05) is 68.8 Å². The van der Waals surface area contributed by atoms with Gasteiger partial charge >= 0.3 is 0 Å². The van der Waals surface area contributed by atoms with E-state index in [-0.39, 0.29) is 6.61 Å². The Bertz CT molecular complexity index is 875. The molecular weight excluding hydrogens is 400 g/mol. The minimum atomic E-state index is 0.241. The van der Waals surface area contributed by atoms with Crippen LogP contribution in [0.25, 0.3) is 11.4 Å². The molecule has 2 saturated heterocycles. The number of hydrogen-bond acceptors (Lipinski definition) is 7. The molecule has 3 aliphatic heterocycles. The van der Waals surface area contributed by atoms with Crippen molar-refractivity contribution in [3.05, 3.63) is 36.0 Å². The van der Waals surface area contributed by atoms with Crippen LogP contribution in [0, 0.1) is 0 Å². The van der Waals surface area contributed by atoms with Crippen LogP contribution in [0.15, 0.2) is 30.5 Å². The first-order chi connectivity index (χ1) is 15.8. The number of aromatic nitrogens is 2. The molecule has 0 amide bonds. The lowest BCUT2D eigenvalue weighted by Gasteiger charge is -2.35. The average molecular weight is 437 g/mol. The summed E-state index contributed by atoms with van der Waals surface area (Å²) in [7, 11) is 0. The lowest BCUT2D eigenvalue weighted by Crippen LogP contribution is -2.47. The molecule has 32 heavy (non-hydrogen) atoms. The summed E-state index contributed by atoms with van der Waals surface area (Å²) in [6.45, 7) is 10.9. The number of anilines is 2. The number of aliphatic hydroxyl groups excluding tert-OH is 1. The van der Waals surface area contributed by atoms with Gasteiger partial charge < -0.3 is 19.8 Å². The molecule has 0 bridgehead atoms. The molecule has 0 unspecified atom stereocenters. The number of hydrogen-bond donors (Lipinski definition) is 1. The fourth-order valence-electron chi connectivity index (χ4n) is 5.25. The zero-order valence-electron chi connectivity index (χ0n) is 19.1. The van der Waals surface area contributed by atoms with E-state index in [4.69, 9.17) is 10.1 Å². The van der Waals surface area contributed by atoms with Crippen LogP contribution in [-0.2, 0) is 6.42 Å². The molecule has 4 heterocycles. The highest BCUT2D eigenvalue weighted by Crippen LogP contribution is 2.29. The normalized spacial score (nSPS) is 19.7. The van der Waals surface area contributed by atoms with Gasteiger partial charge in [0.05, 0.1) is 6.61 Å². The summed E-state index contributed by atoms with van der Waals surface area (Å²) in [6, 6.07) is 8.70. The maximum absolute atomic E-state index is 9.13. The van der Waals surface area contributed by atoms with Gasteiger partial charge in [-0.15, -0.1) is 0 Å². The van der Waals surface area contributed by atoms with Crippen LogP contribution in [0.5, 0.6) is 0 Å². The molecular formula is C25H36N6O. The molecule has 7 nitrogen and oxygen atoms in total. The summed E-state index contributed by atoms with van der Waals surface area (Å²) in [5, 5.41) is 9.13. The van der Waals surface area contributed by atoms with Crippen molar-refractivity contribution >= 4 is 11.5 Å². The van der Waals surface area contributed by atoms with Crippen LogP contribution in [-0.4, -0.2) is 96.9 Å². The van der Waals surface area contributed by atoms with Gasteiger partial charge in [0.15, 0.2) is 5.82 Å². The molecule has 5 rings (SSSR count). The third kappa shape index (κ3) is 4.90. The smallest absolute Gasteiger partial charge is 0.161 e. The van der Waals surface area contributed by atoms with Crippen LogP contribution in [0.2, 0.25) is 0 Å². The van der Waals surface area contributed by atoms with E-state index in [9.17, 15) is 0 Å². The van der Waals surface area contributed by atoms with Gasteiger partial charge in [0.2, 0.25) is 0 Å². The Morgan fingerprint density at radius 3 is 2.31 bits per heavy atom. The fourth-order valence-corrected chi connectivity index (χ4v) is 5.25. The predicted octanol–water partition coefficient (Wildman–Crippen LogP) is 2.11. The summed E-state index contributed by atoms with van der Waals surface area (Å²) in [4.78, 5) is 19.5. The van der Waals surface area contributed by atoms with Gasteiger partial charge in [0.1, 0.15) is 5.82 Å². The van der Waals surface area contributed by atoms with E-state index in [1.807, 2.05) is 6.20 Å². The van der Waals surface area contributed by atoms with Crippen LogP contribution in [0.3, 0.4) is 0 Å². The Kier molecular flexibility index (Phi) is 6.86. The topological polar surface area (TPSA) is 59.0 Å². The van der Waals surface area contributed by atoms with Crippen molar-refractivity contribution in [3.63, 3.8) is 0 Å². The molecule has 7 heteroatoms. The van der Waals surface area contributed by atoms with Crippen molar-refractivity contribution in [2.45, 2.75) is 25.7 Å². The SMILES string of the molecule is OCCN1CCN(c2ccc(-c3ncc4c(n3)N(CCCN3CCCC3)CC4)cc2)CC1.